The van der Waals surface area contributed by atoms with E-state index in [0.717, 1.165) is 14.6 Å². The van der Waals surface area contributed by atoms with E-state index < -0.39 is 5.69 Å². The molecule has 0 radical (unpaired) electrons. The number of carbonyl (C=O) groups excluding carboxylic acids is 1. The maximum absolute atomic E-state index is 12.6. The van der Waals surface area contributed by atoms with Crippen LogP contribution in [-0.2, 0) is 18.9 Å². The number of hydrogen-bond donors (Lipinski definition) is 1. The van der Waals surface area contributed by atoms with Crippen LogP contribution in [0.3, 0.4) is 0 Å². The van der Waals surface area contributed by atoms with Crippen LogP contribution in [0, 0.1) is 0 Å². The van der Waals surface area contributed by atoms with Crippen molar-refractivity contribution in [2.24, 2.45) is 14.1 Å². The first kappa shape index (κ1) is 14.8. The fourth-order valence-corrected chi connectivity index (χ4v) is 3.39. The number of nitrogens with one attached hydrogen (secondary N) is 1. The van der Waals surface area contributed by atoms with Crippen LogP contribution >= 0.6 is 15.9 Å². The molecule has 3 rings (SSSR count). The van der Waals surface area contributed by atoms with Gasteiger partial charge in [0.2, 0.25) is 5.91 Å². The molecule has 0 fully saturated rings. The lowest BCUT2D eigenvalue weighted by atomic mass is 9.87. The van der Waals surface area contributed by atoms with Crippen molar-refractivity contribution in [3.05, 3.63) is 60.7 Å². The molecule has 1 aromatic heterocycles. The van der Waals surface area contributed by atoms with Gasteiger partial charge in [0.1, 0.15) is 5.82 Å². The second-order valence-corrected chi connectivity index (χ2v) is 6.15. The topological polar surface area (TPSA) is 73.1 Å². The molecule has 22 heavy (non-hydrogen) atoms. The second-order valence-electron chi connectivity index (χ2n) is 5.29. The van der Waals surface area contributed by atoms with Crippen molar-refractivity contribution in [3.63, 3.8) is 0 Å². The van der Waals surface area contributed by atoms with Gasteiger partial charge in [-0.05, 0) is 11.6 Å². The minimum Gasteiger partial charge on any atom is -0.312 e. The number of halogens is 1. The molecule has 2 aromatic rings. The molecule has 0 bridgehead atoms. The fraction of sp³-hybridized carbons (Fsp3) is 0.267. The highest BCUT2D eigenvalue weighted by atomic mass is 79.9. The molecular formula is C15H14BrN3O3. The van der Waals surface area contributed by atoms with E-state index in [1.807, 2.05) is 24.3 Å². The standard InChI is InChI=1S/C15H14BrN3O3/c1-18-13-12(14(21)19(2)15(18)22)9(7-11(20)17-13)8-5-3-4-6-10(8)16/h3-6,9H,7H2,1-2H3,(H,17,20)/t9-/m1/s1. The first-order chi connectivity index (χ1) is 10.4. The number of hydrogen-bond acceptors (Lipinski definition) is 3. The molecule has 1 aliphatic rings. The molecule has 6 nitrogen and oxygen atoms in total. The van der Waals surface area contributed by atoms with E-state index in [0.29, 0.717) is 5.56 Å². The van der Waals surface area contributed by atoms with Crippen LogP contribution in [0.1, 0.15) is 23.5 Å². The molecule has 0 saturated heterocycles. The predicted molar refractivity (Wildman–Crippen MR) is 86.2 cm³/mol. The zero-order chi connectivity index (χ0) is 16.0. The largest absolute Gasteiger partial charge is 0.332 e. The molecule has 2 heterocycles. The minimum atomic E-state index is -0.461. The Morgan fingerprint density at radius 1 is 1.14 bits per heavy atom. The Labute approximate surface area is 134 Å². The zero-order valence-corrected chi connectivity index (χ0v) is 13.7. The van der Waals surface area contributed by atoms with Crippen LogP contribution < -0.4 is 16.6 Å². The van der Waals surface area contributed by atoms with Crippen molar-refractivity contribution in [2.45, 2.75) is 12.3 Å². The lowest BCUT2D eigenvalue weighted by molar-refractivity contribution is -0.116. The van der Waals surface area contributed by atoms with E-state index in [-0.39, 0.29) is 29.6 Å². The van der Waals surface area contributed by atoms with E-state index in [9.17, 15) is 14.4 Å². The Morgan fingerprint density at radius 3 is 2.50 bits per heavy atom. The maximum Gasteiger partial charge on any atom is 0.332 e. The van der Waals surface area contributed by atoms with Crippen molar-refractivity contribution in [1.82, 2.24) is 9.13 Å². The van der Waals surface area contributed by atoms with Gasteiger partial charge in [-0.3, -0.25) is 18.7 Å². The number of benzene rings is 1. The summed E-state index contributed by atoms with van der Waals surface area (Å²) >= 11 is 3.47. The lowest BCUT2D eigenvalue weighted by Gasteiger charge is -2.27. The highest BCUT2D eigenvalue weighted by molar-refractivity contribution is 9.10. The van der Waals surface area contributed by atoms with Gasteiger partial charge < -0.3 is 5.32 Å². The Hall–Kier alpha value is -2.15. The molecule has 1 atom stereocenters. The average Bonchev–Trinajstić information content (AvgIpc) is 2.50. The van der Waals surface area contributed by atoms with Crippen LogP contribution in [0.25, 0.3) is 0 Å². The molecule has 1 amide bonds. The van der Waals surface area contributed by atoms with E-state index >= 15 is 0 Å². The number of rotatable bonds is 1. The summed E-state index contributed by atoms with van der Waals surface area (Å²) < 4.78 is 3.20. The summed E-state index contributed by atoms with van der Waals surface area (Å²) in [4.78, 5) is 36.6. The monoisotopic (exact) mass is 363 g/mol. The number of aromatic nitrogens is 2. The Morgan fingerprint density at radius 2 is 1.82 bits per heavy atom. The van der Waals surface area contributed by atoms with E-state index in [2.05, 4.69) is 21.2 Å². The first-order valence-corrected chi connectivity index (χ1v) is 7.55. The number of anilines is 1. The summed E-state index contributed by atoms with van der Waals surface area (Å²) in [6.07, 6.45) is 0.170. The van der Waals surface area contributed by atoms with Gasteiger partial charge in [-0.15, -0.1) is 0 Å². The SMILES string of the molecule is Cn1c2c(c(=O)n(C)c1=O)[C@@H](c1ccccc1Br)CC(=O)N2. The first-order valence-electron chi connectivity index (χ1n) is 6.76. The molecular weight excluding hydrogens is 350 g/mol. The highest BCUT2D eigenvalue weighted by Crippen LogP contribution is 2.37. The molecule has 0 unspecified atom stereocenters. The second kappa shape index (κ2) is 5.24. The number of fused-ring (bicyclic) bond motifs is 1. The van der Waals surface area contributed by atoms with Crippen molar-refractivity contribution in [1.29, 1.82) is 0 Å². The maximum atomic E-state index is 12.6. The van der Waals surface area contributed by atoms with Crippen molar-refractivity contribution >= 4 is 27.7 Å². The summed E-state index contributed by atoms with van der Waals surface area (Å²) in [5, 5.41) is 2.65. The van der Waals surface area contributed by atoms with Gasteiger partial charge in [-0.25, -0.2) is 4.79 Å². The molecule has 1 N–H and O–H groups in total. The molecule has 0 spiro atoms. The van der Waals surface area contributed by atoms with Crippen LogP contribution in [0.2, 0.25) is 0 Å². The lowest BCUT2D eigenvalue weighted by Crippen LogP contribution is -2.44. The minimum absolute atomic E-state index is 0.170. The third-order valence-electron chi connectivity index (χ3n) is 3.98. The van der Waals surface area contributed by atoms with Gasteiger partial charge in [0.25, 0.3) is 5.56 Å². The summed E-state index contributed by atoms with van der Waals surface area (Å²) in [5.74, 6) is -0.313. The number of amides is 1. The summed E-state index contributed by atoms with van der Waals surface area (Å²) in [6.45, 7) is 0. The van der Waals surface area contributed by atoms with Gasteiger partial charge in [0, 0.05) is 30.9 Å². The number of carbonyl (C=O) groups is 1. The molecule has 7 heteroatoms. The van der Waals surface area contributed by atoms with Crippen molar-refractivity contribution in [3.8, 4) is 0 Å². The van der Waals surface area contributed by atoms with Crippen molar-refractivity contribution in [2.75, 3.05) is 5.32 Å². The van der Waals surface area contributed by atoms with E-state index in [1.165, 1.54) is 11.6 Å². The molecule has 114 valence electrons. The molecule has 1 aliphatic heterocycles. The van der Waals surface area contributed by atoms with Gasteiger partial charge in [0.15, 0.2) is 0 Å². The van der Waals surface area contributed by atoms with Gasteiger partial charge in [-0.1, -0.05) is 34.1 Å². The predicted octanol–water partition coefficient (Wildman–Crippen LogP) is 1.32. The molecule has 0 saturated carbocycles. The smallest absolute Gasteiger partial charge is 0.312 e. The van der Waals surface area contributed by atoms with E-state index in [1.54, 1.807) is 7.05 Å². The number of nitrogens with zero attached hydrogens (tertiary/aromatic N) is 2. The third-order valence-corrected chi connectivity index (χ3v) is 4.70. The fourth-order valence-electron chi connectivity index (χ4n) is 2.83. The Balaban J connectivity index is 2.36. The van der Waals surface area contributed by atoms with Crippen LogP contribution in [0.5, 0.6) is 0 Å². The Kier molecular flexibility index (Phi) is 3.52. The summed E-state index contributed by atoms with van der Waals surface area (Å²) in [7, 11) is 2.99. The molecule has 0 aliphatic carbocycles. The highest BCUT2D eigenvalue weighted by Gasteiger charge is 2.33. The average molecular weight is 364 g/mol. The van der Waals surface area contributed by atoms with Gasteiger partial charge in [-0.2, -0.15) is 0 Å². The van der Waals surface area contributed by atoms with Crippen molar-refractivity contribution < 1.29 is 4.79 Å². The van der Waals surface area contributed by atoms with Crippen LogP contribution in [0.4, 0.5) is 5.82 Å². The quantitative estimate of drug-likeness (QED) is 0.830. The summed E-state index contributed by atoms with van der Waals surface area (Å²) in [5.41, 5.74) is 0.459. The van der Waals surface area contributed by atoms with Crippen LogP contribution in [0.15, 0.2) is 38.3 Å². The van der Waals surface area contributed by atoms with E-state index in [4.69, 9.17) is 0 Å². The molecule has 1 aromatic carbocycles. The third kappa shape index (κ3) is 2.12. The van der Waals surface area contributed by atoms with Gasteiger partial charge in [0.05, 0.1) is 5.56 Å². The Bertz CT molecular complexity index is 898. The van der Waals surface area contributed by atoms with Crippen LogP contribution in [-0.4, -0.2) is 15.0 Å². The summed E-state index contributed by atoms with van der Waals surface area (Å²) in [6, 6.07) is 7.48. The van der Waals surface area contributed by atoms with Gasteiger partial charge >= 0.3 is 5.69 Å². The zero-order valence-electron chi connectivity index (χ0n) is 12.1. The normalized spacial score (nSPS) is 17.0.